The average Bonchev–Trinajstić information content (AvgIpc) is 2.86. The summed E-state index contributed by atoms with van der Waals surface area (Å²) in [6.07, 6.45) is 0. The number of hydrogen-bond donors (Lipinski definition) is 0. The van der Waals surface area contributed by atoms with Gasteiger partial charge in [-0.25, -0.2) is 4.39 Å². The molecule has 1 aromatic heterocycles. The zero-order chi connectivity index (χ0) is 14.8. The first-order chi connectivity index (χ1) is 10.2. The lowest BCUT2D eigenvalue weighted by Crippen LogP contribution is -2.04. The Morgan fingerprint density at radius 1 is 1.14 bits per heavy atom. The molecule has 108 valence electrons. The molecule has 3 rings (SSSR count). The number of fused-ring (bicyclic) bond motifs is 1. The van der Waals surface area contributed by atoms with Gasteiger partial charge in [0.05, 0.1) is 11.2 Å². The highest BCUT2D eigenvalue weighted by Gasteiger charge is 2.11. The number of aromatic nitrogens is 1. The number of halogens is 2. The Kier molecular flexibility index (Phi) is 3.84. The van der Waals surface area contributed by atoms with Crippen molar-refractivity contribution in [1.29, 1.82) is 0 Å². The zero-order valence-electron chi connectivity index (χ0n) is 11.6. The summed E-state index contributed by atoms with van der Waals surface area (Å²) in [5, 5.41) is 1.31. The van der Waals surface area contributed by atoms with E-state index in [0.717, 1.165) is 23.5 Å². The van der Waals surface area contributed by atoms with Crippen LogP contribution in [0.2, 0.25) is 5.02 Å². The van der Waals surface area contributed by atoms with Crippen LogP contribution in [0.5, 0.6) is 5.75 Å². The molecule has 21 heavy (non-hydrogen) atoms. The predicted octanol–water partition coefficient (Wildman–Crippen LogP) is 5.03. The first-order valence-corrected chi connectivity index (χ1v) is 7.22. The van der Waals surface area contributed by atoms with Gasteiger partial charge in [0.1, 0.15) is 18.2 Å². The molecule has 0 spiro atoms. The van der Waals surface area contributed by atoms with Gasteiger partial charge in [-0.1, -0.05) is 17.7 Å². The van der Waals surface area contributed by atoms with Gasteiger partial charge < -0.3 is 9.30 Å². The lowest BCUT2D eigenvalue weighted by Gasteiger charge is -2.10. The average molecular weight is 304 g/mol. The lowest BCUT2D eigenvalue weighted by atomic mass is 10.2. The molecule has 0 fully saturated rings. The smallest absolute Gasteiger partial charge is 0.132 e. The van der Waals surface area contributed by atoms with Gasteiger partial charge in [0.25, 0.3) is 0 Å². The van der Waals surface area contributed by atoms with E-state index in [1.165, 1.54) is 6.07 Å². The third-order valence-corrected chi connectivity index (χ3v) is 3.75. The number of rotatable bonds is 4. The van der Waals surface area contributed by atoms with E-state index in [0.29, 0.717) is 17.0 Å². The van der Waals surface area contributed by atoms with E-state index in [4.69, 9.17) is 16.3 Å². The molecule has 0 saturated carbocycles. The maximum absolute atomic E-state index is 13.9. The fraction of sp³-hybridized carbons (Fsp3) is 0.176. The van der Waals surface area contributed by atoms with Crippen molar-refractivity contribution < 1.29 is 9.13 Å². The van der Waals surface area contributed by atoms with Crippen LogP contribution in [-0.4, -0.2) is 4.57 Å². The van der Waals surface area contributed by atoms with Gasteiger partial charge in [-0.2, -0.15) is 0 Å². The Morgan fingerprint density at radius 3 is 2.62 bits per heavy atom. The molecule has 0 aliphatic rings. The maximum atomic E-state index is 13.9. The summed E-state index contributed by atoms with van der Waals surface area (Å²) in [7, 11) is 0. The van der Waals surface area contributed by atoms with Crippen molar-refractivity contribution in [2.75, 3.05) is 0 Å². The predicted molar refractivity (Wildman–Crippen MR) is 83.4 cm³/mol. The quantitative estimate of drug-likeness (QED) is 0.659. The largest absolute Gasteiger partial charge is 0.487 e. The molecule has 1 heterocycles. The minimum atomic E-state index is -0.201. The molecule has 0 radical (unpaired) electrons. The summed E-state index contributed by atoms with van der Waals surface area (Å²) in [5.41, 5.74) is 1.85. The van der Waals surface area contributed by atoms with Crippen molar-refractivity contribution in [3.8, 4) is 5.75 Å². The number of ether oxygens (including phenoxy) is 1. The van der Waals surface area contributed by atoms with Crippen LogP contribution in [0, 0.1) is 5.82 Å². The third kappa shape index (κ3) is 2.74. The van der Waals surface area contributed by atoms with Crippen LogP contribution < -0.4 is 4.74 Å². The van der Waals surface area contributed by atoms with Gasteiger partial charge in [-0.3, -0.25) is 0 Å². The Bertz CT molecular complexity index is 764. The molecule has 0 N–H and O–H groups in total. The van der Waals surface area contributed by atoms with E-state index < -0.39 is 0 Å². The van der Waals surface area contributed by atoms with Crippen LogP contribution in [0.4, 0.5) is 4.39 Å². The Balaban J connectivity index is 1.89. The molecule has 2 nitrogen and oxygen atoms in total. The molecule has 2 aromatic carbocycles. The van der Waals surface area contributed by atoms with Gasteiger partial charge in [-0.05, 0) is 49.4 Å². The molecule has 0 bridgehead atoms. The van der Waals surface area contributed by atoms with Gasteiger partial charge in [0, 0.05) is 17.0 Å². The van der Waals surface area contributed by atoms with Crippen molar-refractivity contribution in [3.63, 3.8) is 0 Å². The fourth-order valence-corrected chi connectivity index (χ4v) is 2.61. The second-order valence-electron chi connectivity index (χ2n) is 4.80. The van der Waals surface area contributed by atoms with E-state index in [-0.39, 0.29) is 5.82 Å². The summed E-state index contributed by atoms with van der Waals surface area (Å²) in [4.78, 5) is 0. The zero-order valence-corrected chi connectivity index (χ0v) is 12.4. The summed E-state index contributed by atoms with van der Waals surface area (Å²) < 4.78 is 21.7. The highest BCUT2D eigenvalue weighted by molar-refractivity contribution is 6.30. The van der Waals surface area contributed by atoms with E-state index in [2.05, 4.69) is 4.57 Å². The molecular formula is C17H15ClFNO. The summed E-state index contributed by atoms with van der Waals surface area (Å²) in [6, 6.07) is 14.2. The van der Waals surface area contributed by atoms with Gasteiger partial charge in [0.2, 0.25) is 0 Å². The van der Waals surface area contributed by atoms with Gasteiger partial charge in [0.15, 0.2) is 0 Å². The second-order valence-corrected chi connectivity index (χ2v) is 5.23. The van der Waals surface area contributed by atoms with Gasteiger partial charge in [-0.15, -0.1) is 0 Å². The van der Waals surface area contributed by atoms with Crippen LogP contribution in [-0.2, 0) is 13.2 Å². The summed E-state index contributed by atoms with van der Waals surface area (Å²) >= 11 is 5.85. The number of hydrogen-bond acceptors (Lipinski definition) is 1. The first kappa shape index (κ1) is 14.0. The molecule has 0 saturated heterocycles. The van der Waals surface area contributed by atoms with Crippen molar-refractivity contribution in [2.24, 2.45) is 0 Å². The van der Waals surface area contributed by atoms with Crippen molar-refractivity contribution in [2.45, 2.75) is 20.1 Å². The SMILES string of the molecule is CCn1c(COc2ccc(Cl)cc2)cc2c(F)cccc21. The van der Waals surface area contributed by atoms with Crippen molar-refractivity contribution in [3.05, 3.63) is 65.1 Å². The molecular weight excluding hydrogens is 289 g/mol. The van der Waals surface area contributed by atoms with E-state index >= 15 is 0 Å². The molecule has 0 amide bonds. The normalized spacial score (nSPS) is 11.0. The molecule has 4 heteroatoms. The van der Waals surface area contributed by atoms with Crippen LogP contribution in [0.1, 0.15) is 12.6 Å². The Hall–Kier alpha value is -2.00. The summed E-state index contributed by atoms with van der Waals surface area (Å²) in [5.74, 6) is 0.542. The maximum Gasteiger partial charge on any atom is 0.132 e. The van der Waals surface area contributed by atoms with Crippen molar-refractivity contribution >= 4 is 22.5 Å². The number of benzene rings is 2. The Labute approximate surface area is 127 Å². The van der Waals surface area contributed by atoms with Gasteiger partial charge >= 0.3 is 0 Å². The number of nitrogens with zero attached hydrogens (tertiary/aromatic N) is 1. The topological polar surface area (TPSA) is 14.2 Å². The number of aryl methyl sites for hydroxylation is 1. The summed E-state index contributed by atoms with van der Waals surface area (Å²) in [6.45, 7) is 3.20. The van der Waals surface area contributed by atoms with Crippen molar-refractivity contribution in [1.82, 2.24) is 4.57 Å². The van der Waals surface area contributed by atoms with Crippen LogP contribution in [0.25, 0.3) is 10.9 Å². The molecule has 0 aliphatic carbocycles. The third-order valence-electron chi connectivity index (χ3n) is 3.49. The molecule has 0 unspecified atom stereocenters. The molecule has 0 aliphatic heterocycles. The van der Waals surface area contributed by atoms with Crippen LogP contribution >= 0.6 is 11.6 Å². The van der Waals surface area contributed by atoms with E-state index in [1.54, 1.807) is 18.2 Å². The highest BCUT2D eigenvalue weighted by atomic mass is 35.5. The lowest BCUT2D eigenvalue weighted by molar-refractivity contribution is 0.296. The minimum absolute atomic E-state index is 0.201. The highest BCUT2D eigenvalue weighted by Crippen LogP contribution is 2.24. The minimum Gasteiger partial charge on any atom is -0.487 e. The Morgan fingerprint density at radius 2 is 1.90 bits per heavy atom. The molecule has 3 aromatic rings. The van der Waals surface area contributed by atoms with Crippen LogP contribution in [0.3, 0.4) is 0 Å². The second kappa shape index (κ2) is 5.78. The monoisotopic (exact) mass is 303 g/mol. The standard InChI is InChI=1S/C17H15ClFNO/c1-2-20-13(10-15-16(19)4-3-5-17(15)20)11-21-14-8-6-12(18)7-9-14/h3-10H,2,11H2,1H3. The van der Waals surface area contributed by atoms with E-state index in [1.807, 2.05) is 31.2 Å². The fourth-order valence-electron chi connectivity index (χ4n) is 2.48. The van der Waals surface area contributed by atoms with Crippen LogP contribution in [0.15, 0.2) is 48.5 Å². The van der Waals surface area contributed by atoms with E-state index in [9.17, 15) is 4.39 Å². The first-order valence-electron chi connectivity index (χ1n) is 6.84. The molecule has 0 atom stereocenters.